The summed E-state index contributed by atoms with van der Waals surface area (Å²) in [6.45, 7) is 0. The van der Waals surface area contributed by atoms with Crippen LogP contribution in [0.25, 0.3) is 11.5 Å². The van der Waals surface area contributed by atoms with Gasteiger partial charge in [-0.15, -0.1) is 0 Å². The third-order valence-electron chi connectivity index (χ3n) is 3.48. The second kappa shape index (κ2) is 5.38. The maximum absolute atomic E-state index is 13.0. The summed E-state index contributed by atoms with van der Waals surface area (Å²) in [5, 5.41) is 2.99. The number of halogens is 3. The molecule has 0 bridgehead atoms. The largest absolute Gasteiger partial charge is 0.463 e. The van der Waals surface area contributed by atoms with Gasteiger partial charge in [-0.2, -0.15) is 13.2 Å². The summed E-state index contributed by atoms with van der Waals surface area (Å²) in [5.74, 6) is 0.292. The Balaban J connectivity index is 1.96. The van der Waals surface area contributed by atoms with Crippen LogP contribution < -0.4 is 5.32 Å². The highest BCUT2D eigenvalue weighted by Gasteiger charge is 2.34. The molecule has 1 saturated carbocycles. The van der Waals surface area contributed by atoms with E-state index in [-0.39, 0.29) is 23.4 Å². The lowest BCUT2D eigenvalue weighted by Gasteiger charge is -2.14. The molecule has 2 heterocycles. The average Bonchev–Trinajstić information content (AvgIpc) is 3.10. The number of nitrogens with zero attached hydrogens (tertiary/aromatic N) is 2. The minimum atomic E-state index is -4.52. The fourth-order valence-electron chi connectivity index (χ4n) is 2.46. The van der Waals surface area contributed by atoms with Crippen LogP contribution in [0, 0.1) is 0 Å². The van der Waals surface area contributed by atoms with Crippen LogP contribution in [-0.4, -0.2) is 16.0 Å². The highest BCUT2D eigenvalue weighted by atomic mass is 19.4. The number of hydrogen-bond acceptors (Lipinski definition) is 4. The van der Waals surface area contributed by atoms with Crippen LogP contribution in [0.1, 0.15) is 31.4 Å². The van der Waals surface area contributed by atoms with Gasteiger partial charge in [0, 0.05) is 6.04 Å². The van der Waals surface area contributed by atoms with Crippen molar-refractivity contribution in [2.24, 2.45) is 0 Å². The molecule has 21 heavy (non-hydrogen) atoms. The van der Waals surface area contributed by atoms with Gasteiger partial charge in [0.2, 0.25) is 5.95 Å². The van der Waals surface area contributed by atoms with Crippen molar-refractivity contribution in [2.45, 2.75) is 37.9 Å². The molecule has 2 aromatic rings. The average molecular weight is 297 g/mol. The first-order chi connectivity index (χ1) is 10.0. The molecule has 0 unspecified atom stereocenters. The SMILES string of the molecule is FC(F)(F)c1cc(-c2ccco2)nc(NC2CCCC2)n1. The van der Waals surface area contributed by atoms with Crippen LogP contribution in [-0.2, 0) is 6.18 Å². The molecule has 1 aliphatic carbocycles. The van der Waals surface area contributed by atoms with Gasteiger partial charge in [-0.25, -0.2) is 9.97 Å². The smallest absolute Gasteiger partial charge is 0.433 e. The third kappa shape index (κ3) is 3.17. The molecule has 0 radical (unpaired) electrons. The Morgan fingerprint density at radius 1 is 1.19 bits per heavy atom. The number of alkyl halides is 3. The van der Waals surface area contributed by atoms with E-state index in [0.717, 1.165) is 31.7 Å². The van der Waals surface area contributed by atoms with E-state index in [1.165, 1.54) is 6.26 Å². The summed E-state index contributed by atoms with van der Waals surface area (Å²) in [6, 6.07) is 4.22. The minimum absolute atomic E-state index is 0.00289. The zero-order chi connectivity index (χ0) is 14.9. The Kier molecular flexibility index (Phi) is 3.57. The second-order valence-electron chi connectivity index (χ2n) is 5.06. The van der Waals surface area contributed by atoms with E-state index >= 15 is 0 Å². The Labute approximate surface area is 119 Å². The van der Waals surface area contributed by atoms with Gasteiger partial charge in [0.15, 0.2) is 11.5 Å². The lowest BCUT2D eigenvalue weighted by Crippen LogP contribution is -2.19. The van der Waals surface area contributed by atoms with E-state index in [1.807, 2.05) is 0 Å². The van der Waals surface area contributed by atoms with E-state index in [1.54, 1.807) is 12.1 Å². The van der Waals surface area contributed by atoms with Gasteiger partial charge in [0.25, 0.3) is 0 Å². The van der Waals surface area contributed by atoms with Gasteiger partial charge in [-0.05, 0) is 31.0 Å². The molecule has 1 N–H and O–H groups in total. The summed E-state index contributed by atoms with van der Waals surface area (Å²) in [7, 11) is 0. The number of nitrogens with one attached hydrogen (secondary N) is 1. The molecule has 0 amide bonds. The van der Waals surface area contributed by atoms with Gasteiger partial charge < -0.3 is 9.73 Å². The molecule has 0 spiro atoms. The van der Waals surface area contributed by atoms with Gasteiger partial charge in [0.05, 0.1) is 6.26 Å². The molecule has 0 saturated heterocycles. The van der Waals surface area contributed by atoms with E-state index in [4.69, 9.17) is 4.42 Å². The van der Waals surface area contributed by atoms with Gasteiger partial charge >= 0.3 is 6.18 Å². The molecule has 1 fully saturated rings. The first-order valence-corrected chi connectivity index (χ1v) is 6.79. The Morgan fingerprint density at radius 2 is 1.95 bits per heavy atom. The highest BCUT2D eigenvalue weighted by molar-refractivity contribution is 5.54. The van der Waals surface area contributed by atoms with Crippen molar-refractivity contribution in [1.29, 1.82) is 0 Å². The first-order valence-electron chi connectivity index (χ1n) is 6.79. The molecule has 112 valence electrons. The second-order valence-corrected chi connectivity index (χ2v) is 5.06. The van der Waals surface area contributed by atoms with Crippen LogP contribution in [0.2, 0.25) is 0 Å². The van der Waals surface area contributed by atoms with Crippen molar-refractivity contribution >= 4 is 5.95 Å². The zero-order valence-corrected chi connectivity index (χ0v) is 11.2. The molecule has 2 aromatic heterocycles. The summed E-state index contributed by atoms with van der Waals surface area (Å²) in [6.07, 6.45) is 0.875. The Morgan fingerprint density at radius 3 is 2.57 bits per heavy atom. The molecule has 0 aromatic carbocycles. The number of rotatable bonds is 3. The van der Waals surface area contributed by atoms with E-state index < -0.39 is 11.9 Å². The maximum Gasteiger partial charge on any atom is 0.433 e. The van der Waals surface area contributed by atoms with Crippen molar-refractivity contribution in [3.8, 4) is 11.5 Å². The third-order valence-corrected chi connectivity index (χ3v) is 3.48. The van der Waals surface area contributed by atoms with Crippen LogP contribution in [0.15, 0.2) is 28.9 Å². The standard InChI is InChI=1S/C14H14F3N3O/c15-14(16,17)12-8-10(11-6-3-7-21-11)19-13(20-12)18-9-4-1-2-5-9/h3,6-9H,1-2,4-5H2,(H,18,19,20). The van der Waals surface area contributed by atoms with Gasteiger partial charge in [0.1, 0.15) is 5.69 Å². The van der Waals surface area contributed by atoms with Crippen LogP contribution in [0.4, 0.5) is 19.1 Å². The zero-order valence-electron chi connectivity index (χ0n) is 11.2. The molecule has 0 aliphatic heterocycles. The summed E-state index contributed by atoms with van der Waals surface area (Å²) in [4.78, 5) is 7.73. The van der Waals surface area contributed by atoms with E-state index in [2.05, 4.69) is 15.3 Å². The topological polar surface area (TPSA) is 51.0 Å². The van der Waals surface area contributed by atoms with Crippen molar-refractivity contribution in [2.75, 3.05) is 5.32 Å². The fourth-order valence-corrected chi connectivity index (χ4v) is 2.46. The number of furan rings is 1. The van der Waals surface area contributed by atoms with E-state index in [0.29, 0.717) is 0 Å². The molecule has 4 nitrogen and oxygen atoms in total. The molecule has 3 rings (SSSR count). The van der Waals surface area contributed by atoms with Crippen LogP contribution in [0.3, 0.4) is 0 Å². The Bertz CT molecular complexity index is 604. The Hall–Kier alpha value is -2.05. The van der Waals surface area contributed by atoms with Crippen LogP contribution >= 0.6 is 0 Å². The highest BCUT2D eigenvalue weighted by Crippen LogP contribution is 2.32. The molecule has 0 atom stereocenters. The predicted molar refractivity (Wildman–Crippen MR) is 70.6 cm³/mol. The predicted octanol–water partition coefficient (Wildman–Crippen LogP) is 4.11. The molecule has 1 aliphatic rings. The normalized spacial score (nSPS) is 16.3. The molecular weight excluding hydrogens is 283 g/mol. The number of aromatic nitrogens is 2. The first kappa shape index (κ1) is 13.9. The van der Waals surface area contributed by atoms with Crippen molar-refractivity contribution in [3.63, 3.8) is 0 Å². The fraction of sp³-hybridized carbons (Fsp3) is 0.429. The maximum atomic E-state index is 13.0. The minimum Gasteiger partial charge on any atom is -0.463 e. The lowest BCUT2D eigenvalue weighted by atomic mass is 10.2. The molecular formula is C14H14F3N3O. The lowest BCUT2D eigenvalue weighted by molar-refractivity contribution is -0.141. The monoisotopic (exact) mass is 297 g/mol. The van der Waals surface area contributed by atoms with Gasteiger partial charge in [-0.1, -0.05) is 12.8 Å². The quantitative estimate of drug-likeness (QED) is 0.926. The number of anilines is 1. The van der Waals surface area contributed by atoms with Crippen molar-refractivity contribution < 1.29 is 17.6 Å². The summed E-state index contributed by atoms with van der Waals surface area (Å²) < 4.78 is 44.0. The summed E-state index contributed by atoms with van der Waals surface area (Å²) in [5.41, 5.74) is -0.841. The summed E-state index contributed by atoms with van der Waals surface area (Å²) >= 11 is 0. The number of hydrogen-bond donors (Lipinski definition) is 1. The van der Waals surface area contributed by atoms with E-state index in [9.17, 15) is 13.2 Å². The van der Waals surface area contributed by atoms with Crippen LogP contribution in [0.5, 0.6) is 0 Å². The van der Waals surface area contributed by atoms with Crippen molar-refractivity contribution in [1.82, 2.24) is 9.97 Å². The van der Waals surface area contributed by atoms with Gasteiger partial charge in [-0.3, -0.25) is 0 Å². The van der Waals surface area contributed by atoms with Crippen molar-refractivity contribution in [3.05, 3.63) is 30.2 Å². The molecule has 7 heteroatoms.